The van der Waals surface area contributed by atoms with Crippen molar-refractivity contribution in [2.75, 3.05) is 0 Å². The fourth-order valence-corrected chi connectivity index (χ4v) is 2.26. The molecule has 2 rings (SSSR count). The van der Waals surface area contributed by atoms with Crippen LogP contribution in [0.3, 0.4) is 0 Å². The number of fused-ring (bicyclic) bond motifs is 1. The molecule has 0 fully saturated rings. The third-order valence-corrected chi connectivity index (χ3v) is 3.00. The molecule has 0 radical (unpaired) electrons. The SMILES string of the molecule is Cc1cc(CC(C)(C)N)c2ccc(C(F)(F)F)cc2n1. The lowest BCUT2D eigenvalue weighted by atomic mass is 9.93. The molecular weight excluding hydrogens is 265 g/mol. The van der Waals surface area contributed by atoms with E-state index in [2.05, 4.69) is 4.98 Å². The van der Waals surface area contributed by atoms with Crippen molar-refractivity contribution < 1.29 is 13.2 Å². The molecule has 0 amide bonds. The van der Waals surface area contributed by atoms with E-state index in [4.69, 9.17) is 5.73 Å². The Bertz CT molecular complexity index is 640. The number of hydrogen-bond acceptors (Lipinski definition) is 2. The Morgan fingerprint density at radius 2 is 1.80 bits per heavy atom. The summed E-state index contributed by atoms with van der Waals surface area (Å²) in [6, 6.07) is 5.54. The molecule has 1 aromatic carbocycles. The summed E-state index contributed by atoms with van der Waals surface area (Å²) in [5.41, 5.74) is 6.88. The summed E-state index contributed by atoms with van der Waals surface area (Å²) >= 11 is 0. The first-order valence-electron chi connectivity index (χ1n) is 6.33. The molecule has 2 N–H and O–H groups in total. The number of benzene rings is 1. The van der Waals surface area contributed by atoms with Crippen molar-refractivity contribution in [1.29, 1.82) is 0 Å². The van der Waals surface area contributed by atoms with E-state index in [1.54, 1.807) is 6.92 Å². The van der Waals surface area contributed by atoms with Crippen molar-refractivity contribution in [3.63, 3.8) is 0 Å². The molecule has 0 bridgehead atoms. The summed E-state index contributed by atoms with van der Waals surface area (Å²) in [7, 11) is 0. The molecule has 0 aliphatic carbocycles. The average molecular weight is 282 g/mol. The van der Waals surface area contributed by atoms with Gasteiger partial charge in [0.15, 0.2) is 0 Å². The maximum Gasteiger partial charge on any atom is 0.416 e. The first-order valence-corrected chi connectivity index (χ1v) is 6.33. The summed E-state index contributed by atoms with van der Waals surface area (Å²) in [4.78, 5) is 4.20. The van der Waals surface area contributed by atoms with Crippen molar-refractivity contribution in [3.05, 3.63) is 41.1 Å². The van der Waals surface area contributed by atoms with E-state index in [-0.39, 0.29) is 0 Å². The molecule has 0 unspecified atom stereocenters. The van der Waals surface area contributed by atoms with Crippen molar-refractivity contribution >= 4 is 10.9 Å². The first-order chi connectivity index (χ1) is 9.06. The van der Waals surface area contributed by atoms with Crippen molar-refractivity contribution in [3.8, 4) is 0 Å². The highest BCUT2D eigenvalue weighted by atomic mass is 19.4. The van der Waals surface area contributed by atoms with Crippen LogP contribution in [-0.2, 0) is 12.6 Å². The second-order valence-corrected chi connectivity index (χ2v) is 5.82. The predicted octanol–water partition coefficient (Wildman–Crippen LogP) is 3.84. The zero-order valence-electron chi connectivity index (χ0n) is 11.7. The number of nitrogens with zero attached hydrogens (tertiary/aromatic N) is 1. The van der Waals surface area contributed by atoms with Crippen LogP contribution in [0.2, 0.25) is 0 Å². The lowest BCUT2D eigenvalue weighted by molar-refractivity contribution is -0.137. The minimum atomic E-state index is -4.35. The quantitative estimate of drug-likeness (QED) is 0.909. The minimum Gasteiger partial charge on any atom is -0.325 e. The van der Waals surface area contributed by atoms with E-state index in [1.807, 2.05) is 19.9 Å². The van der Waals surface area contributed by atoms with E-state index >= 15 is 0 Å². The highest BCUT2D eigenvalue weighted by Gasteiger charge is 2.30. The van der Waals surface area contributed by atoms with Gasteiger partial charge in [0.25, 0.3) is 0 Å². The van der Waals surface area contributed by atoms with Crippen molar-refractivity contribution in [2.24, 2.45) is 5.73 Å². The van der Waals surface area contributed by atoms with Gasteiger partial charge in [0.2, 0.25) is 0 Å². The minimum absolute atomic E-state index is 0.360. The molecule has 2 aromatic rings. The number of nitrogens with two attached hydrogens (primary N) is 1. The van der Waals surface area contributed by atoms with Gasteiger partial charge in [-0.25, -0.2) is 0 Å². The summed E-state index contributed by atoms with van der Waals surface area (Å²) in [5, 5.41) is 0.724. The Labute approximate surface area is 115 Å². The van der Waals surface area contributed by atoms with E-state index in [9.17, 15) is 13.2 Å². The van der Waals surface area contributed by atoms with Crippen LogP contribution in [0.4, 0.5) is 13.2 Å². The van der Waals surface area contributed by atoms with E-state index in [1.165, 1.54) is 6.07 Å². The third kappa shape index (κ3) is 3.28. The fraction of sp³-hybridized carbons (Fsp3) is 0.400. The van der Waals surface area contributed by atoms with Gasteiger partial charge < -0.3 is 5.73 Å². The molecule has 1 aromatic heterocycles. The molecule has 20 heavy (non-hydrogen) atoms. The van der Waals surface area contributed by atoms with Crippen LogP contribution in [0, 0.1) is 6.92 Å². The number of pyridine rings is 1. The summed E-state index contributed by atoms with van der Waals surface area (Å²) < 4.78 is 38.2. The Balaban J connectivity index is 2.61. The van der Waals surface area contributed by atoms with E-state index in [0.29, 0.717) is 17.6 Å². The summed E-state index contributed by atoms with van der Waals surface area (Å²) in [6.07, 6.45) is -3.77. The molecule has 1 heterocycles. The largest absolute Gasteiger partial charge is 0.416 e. The van der Waals surface area contributed by atoms with Crippen LogP contribution >= 0.6 is 0 Å². The maximum absolute atomic E-state index is 12.7. The Morgan fingerprint density at radius 3 is 2.35 bits per heavy atom. The van der Waals surface area contributed by atoms with E-state index in [0.717, 1.165) is 23.1 Å². The molecule has 0 saturated heterocycles. The van der Waals surface area contributed by atoms with Crippen LogP contribution < -0.4 is 5.73 Å². The van der Waals surface area contributed by atoms with Gasteiger partial charge in [-0.1, -0.05) is 6.07 Å². The lowest BCUT2D eigenvalue weighted by Gasteiger charge is -2.20. The van der Waals surface area contributed by atoms with Crippen LogP contribution in [0.15, 0.2) is 24.3 Å². The summed E-state index contributed by atoms with van der Waals surface area (Å²) in [6.45, 7) is 5.55. The molecule has 0 aliphatic heterocycles. The van der Waals surface area contributed by atoms with Crippen LogP contribution in [0.25, 0.3) is 10.9 Å². The number of rotatable bonds is 2. The first kappa shape index (κ1) is 14.8. The standard InChI is InChI=1S/C15H17F3N2/c1-9-6-10(8-14(2,3)19)12-5-4-11(15(16,17)18)7-13(12)20-9/h4-7H,8,19H2,1-3H3. The molecule has 0 aliphatic rings. The second kappa shape index (κ2) is 4.74. The van der Waals surface area contributed by atoms with Gasteiger partial charge in [-0.3, -0.25) is 4.98 Å². The molecule has 5 heteroatoms. The predicted molar refractivity (Wildman–Crippen MR) is 73.5 cm³/mol. The normalized spacial score (nSPS) is 12.9. The van der Waals surface area contributed by atoms with Crippen molar-refractivity contribution in [1.82, 2.24) is 4.98 Å². The van der Waals surface area contributed by atoms with Gasteiger partial charge >= 0.3 is 6.18 Å². The van der Waals surface area contributed by atoms with Crippen LogP contribution in [0.1, 0.15) is 30.7 Å². The van der Waals surface area contributed by atoms with Crippen LogP contribution in [0.5, 0.6) is 0 Å². The third-order valence-electron chi connectivity index (χ3n) is 3.00. The van der Waals surface area contributed by atoms with Gasteiger partial charge in [-0.05, 0) is 51.0 Å². The molecular formula is C15H17F3N2. The highest BCUT2D eigenvalue weighted by Crippen LogP contribution is 2.32. The van der Waals surface area contributed by atoms with Gasteiger partial charge in [0.05, 0.1) is 11.1 Å². The van der Waals surface area contributed by atoms with Gasteiger partial charge in [0, 0.05) is 16.6 Å². The number of aromatic nitrogens is 1. The number of aryl methyl sites for hydroxylation is 1. The highest BCUT2D eigenvalue weighted by molar-refractivity contribution is 5.83. The smallest absolute Gasteiger partial charge is 0.325 e. The summed E-state index contributed by atoms with van der Waals surface area (Å²) in [5.74, 6) is 0. The fourth-order valence-electron chi connectivity index (χ4n) is 2.26. The monoisotopic (exact) mass is 282 g/mol. The zero-order chi connectivity index (χ0) is 15.1. The number of halogens is 3. The van der Waals surface area contributed by atoms with Crippen LogP contribution in [-0.4, -0.2) is 10.5 Å². The topological polar surface area (TPSA) is 38.9 Å². The average Bonchev–Trinajstić information content (AvgIpc) is 2.24. The Kier molecular flexibility index (Phi) is 3.50. The molecule has 0 atom stereocenters. The Morgan fingerprint density at radius 1 is 1.15 bits per heavy atom. The molecule has 0 saturated carbocycles. The Hall–Kier alpha value is -1.62. The second-order valence-electron chi connectivity index (χ2n) is 5.82. The number of alkyl halides is 3. The number of hydrogen-bond donors (Lipinski definition) is 1. The van der Waals surface area contributed by atoms with Gasteiger partial charge in [-0.15, -0.1) is 0 Å². The van der Waals surface area contributed by atoms with Gasteiger partial charge in [0.1, 0.15) is 0 Å². The maximum atomic E-state index is 12.7. The zero-order valence-corrected chi connectivity index (χ0v) is 11.7. The molecule has 108 valence electrons. The molecule has 2 nitrogen and oxygen atoms in total. The molecule has 0 spiro atoms. The van der Waals surface area contributed by atoms with Crippen molar-refractivity contribution in [2.45, 2.75) is 38.9 Å². The lowest BCUT2D eigenvalue weighted by Crippen LogP contribution is -2.34. The van der Waals surface area contributed by atoms with E-state index < -0.39 is 17.3 Å². The van der Waals surface area contributed by atoms with Gasteiger partial charge in [-0.2, -0.15) is 13.2 Å².